The van der Waals surface area contributed by atoms with Crippen molar-refractivity contribution in [2.75, 3.05) is 5.73 Å². The van der Waals surface area contributed by atoms with Gasteiger partial charge in [0.05, 0.1) is 0 Å². The SMILES string of the molecule is Cc1ccnc(N)c1C(N)C1CC1(C)C. The summed E-state index contributed by atoms with van der Waals surface area (Å²) in [5.74, 6) is 1.13. The molecule has 1 aromatic heterocycles. The molecule has 0 aliphatic heterocycles. The Balaban J connectivity index is 2.30. The zero-order valence-corrected chi connectivity index (χ0v) is 9.62. The fourth-order valence-electron chi connectivity index (χ4n) is 2.35. The van der Waals surface area contributed by atoms with Crippen LogP contribution in [0, 0.1) is 18.3 Å². The first-order valence-electron chi connectivity index (χ1n) is 5.40. The van der Waals surface area contributed by atoms with Crippen LogP contribution in [0.4, 0.5) is 5.82 Å². The van der Waals surface area contributed by atoms with E-state index < -0.39 is 0 Å². The fraction of sp³-hybridized carbons (Fsp3) is 0.583. The van der Waals surface area contributed by atoms with Crippen molar-refractivity contribution in [2.45, 2.75) is 33.2 Å². The first kappa shape index (κ1) is 10.4. The minimum Gasteiger partial charge on any atom is -0.383 e. The molecule has 0 spiro atoms. The number of hydrogen-bond acceptors (Lipinski definition) is 3. The minimum atomic E-state index is 0.0358. The highest BCUT2D eigenvalue weighted by Gasteiger charge is 2.49. The van der Waals surface area contributed by atoms with Gasteiger partial charge in [-0.1, -0.05) is 13.8 Å². The van der Waals surface area contributed by atoms with Crippen molar-refractivity contribution < 1.29 is 0 Å². The van der Waals surface area contributed by atoms with Crippen LogP contribution >= 0.6 is 0 Å². The molecule has 0 bridgehead atoms. The topological polar surface area (TPSA) is 64.9 Å². The summed E-state index contributed by atoms with van der Waals surface area (Å²) in [6.45, 7) is 6.54. The average Bonchev–Trinajstić information content (AvgIpc) is 2.74. The van der Waals surface area contributed by atoms with Crippen LogP contribution in [0.25, 0.3) is 0 Å². The van der Waals surface area contributed by atoms with Gasteiger partial charge in [0.1, 0.15) is 5.82 Å². The zero-order valence-electron chi connectivity index (χ0n) is 9.62. The second-order valence-corrected chi connectivity index (χ2v) is 5.25. The van der Waals surface area contributed by atoms with Gasteiger partial charge in [-0.05, 0) is 36.3 Å². The second-order valence-electron chi connectivity index (χ2n) is 5.25. The first-order chi connectivity index (χ1) is 6.93. The van der Waals surface area contributed by atoms with Crippen LogP contribution in [-0.4, -0.2) is 4.98 Å². The molecule has 4 N–H and O–H groups in total. The fourth-order valence-corrected chi connectivity index (χ4v) is 2.35. The smallest absolute Gasteiger partial charge is 0.128 e. The molecule has 82 valence electrons. The summed E-state index contributed by atoms with van der Waals surface area (Å²) < 4.78 is 0. The average molecular weight is 205 g/mol. The standard InChI is InChI=1S/C12H19N3/c1-7-4-5-15-11(14)9(7)10(13)8-6-12(8,2)3/h4-5,8,10H,6,13H2,1-3H3,(H2,14,15). The zero-order chi connectivity index (χ0) is 11.2. The number of nitrogen functional groups attached to an aromatic ring is 1. The summed E-state index contributed by atoms with van der Waals surface area (Å²) in [5.41, 5.74) is 14.7. The van der Waals surface area contributed by atoms with Crippen molar-refractivity contribution in [3.8, 4) is 0 Å². The molecule has 1 saturated carbocycles. The number of nitrogens with zero attached hydrogens (tertiary/aromatic N) is 1. The summed E-state index contributed by atoms with van der Waals surface area (Å²) in [7, 11) is 0. The van der Waals surface area contributed by atoms with Crippen LogP contribution in [0.15, 0.2) is 12.3 Å². The van der Waals surface area contributed by atoms with Crippen LogP contribution in [0.1, 0.15) is 37.4 Å². The van der Waals surface area contributed by atoms with Gasteiger partial charge in [-0.3, -0.25) is 0 Å². The Kier molecular flexibility index (Phi) is 2.23. The highest BCUT2D eigenvalue weighted by molar-refractivity contribution is 5.46. The minimum absolute atomic E-state index is 0.0358. The highest BCUT2D eigenvalue weighted by atomic mass is 14.9. The summed E-state index contributed by atoms with van der Waals surface area (Å²) in [5, 5.41) is 0. The van der Waals surface area contributed by atoms with Gasteiger partial charge in [0, 0.05) is 17.8 Å². The van der Waals surface area contributed by atoms with E-state index in [9.17, 15) is 0 Å². The van der Waals surface area contributed by atoms with Crippen LogP contribution < -0.4 is 11.5 Å². The maximum absolute atomic E-state index is 6.26. The van der Waals surface area contributed by atoms with Gasteiger partial charge in [0.2, 0.25) is 0 Å². The quantitative estimate of drug-likeness (QED) is 0.776. The Labute approximate surface area is 90.9 Å². The van der Waals surface area contributed by atoms with E-state index >= 15 is 0 Å². The first-order valence-corrected chi connectivity index (χ1v) is 5.40. The monoisotopic (exact) mass is 205 g/mol. The number of hydrogen-bond donors (Lipinski definition) is 2. The van der Waals surface area contributed by atoms with Crippen LogP contribution in [0.2, 0.25) is 0 Å². The molecule has 1 aliphatic rings. The lowest BCUT2D eigenvalue weighted by Crippen LogP contribution is -2.19. The van der Waals surface area contributed by atoms with E-state index in [-0.39, 0.29) is 6.04 Å². The molecule has 1 heterocycles. The third kappa shape index (κ3) is 1.72. The molecule has 3 heteroatoms. The van der Waals surface area contributed by atoms with Gasteiger partial charge in [-0.15, -0.1) is 0 Å². The summed E-state index contributed by atoms with van der Waals surface area (Å²) in [6.07, 6.45) is 2.92. The van der Waals surface area contributed by atoms with E-state index in [1.165, 1.54) is 6.42 Å². The van der Waals surface area contributed by atoms with Crippen LogP contribution in [0.3, 0.4) is 0 Å². The maximum atomic E-state index is 6.26. The molecule has 15 heavy (non-hydrogen) atoms. The van der Waals surface area contributed by atoms with E-state index in [0.29, 0.717) is 17.2 Å². The maximum Gasteiger partial charge on any atom is 0.128 e. The van der Waals surface area contributed by atoms with Crippen molar-refractivity contribution in [3.05, 3.63) is 23.4 Å². The predicted molar refractivity (Wildman–Crippen MR) is 62.2 cm³/mol. The molecule has 3 nitrogen and oxygen atoms in total. The predicted octanol–water partition coefficient (Wildman–Crippen LogP) is 2.02. The number of aromatic nitrogens is 1. The molecule has 0 amide bonds. The molecule has 2 atom stereocenters. The summed E-state index contributed by atoms with van der Waals surface area (Å²) in [6, 6.07) is 2.01. The Bertz CT molecular complexity index is 364. The Morgan fingerprint density at radius 3 is 2.60 bits per heavy atom. The molecule has 0 aromatic carbocycles. The third-order valence-electron chi connectivity index (χ3n) is 3.60. The Hall–Kier alpha value is -1.09. The molecule has 1 aliphatic carbocycles. The van der Waals surface area contributed by atoms with Gasteiger partial charge in [-0.2, -0.15) is 0 Å². The lowest BCUT2D eigenvalue weighted by Gasteiger charge is -2.17. The molecule has 2 rings (SSSR count). The van der Waals surface area contributed by atoms with E-state index in [1.54, 1.807) is 6.20 Å². The Morgan fingerprint density at radius 2 is 2.13 bits per heavy atom. The normalized spacial score (nSPS) is 24.9. The van der Waals surface area contributed by atoms with E-state index in [1.807, 2.05) is 13.0 Å². The van der Waals surface area contributed by atoms with Crippen molar-refractivity contribution >= 4 is 5.82 Å². The number of nitrogens with two attached hydrogens (primary N) is 2. The van der Waals surface area contributed by atoms with Crippen molar-refractivity contribution in [1.29, 1.82) is 0 Å². The van der Waals surface area contributed by atoms with Crippen LogP contribution in [0.5, 0.6) is 0 Å². The van der Waals surface area contributed by atoms with Crippen molar-refractivity contribution in [3.63, 3.8) is 0 Å². The van der Waals surface area contributed by atoms with Gasteiger partial charge in [0.15, 0.2) is 0 Å². The van der Waals surface area contributed by atoms with Gasteiger partial charge in [0.25, 0.3) is 0 Å². The number of aryl methyl sites for hydroxylation is 1. The lowest BCUT2D eigenvalue weighted by atomic mass is 9.95. The number of pyridine rings is 1. The molecule has 2 unspecified atom stereocenters. The lowest BCUT2D eigenvalue weighted by molar-refractivity contribution is 0.490. The summed E-state index contributed by atoms with van der Waals surface area (Å²) >= 11 is 0. The van der Waals surface area contributed by atoms with Gasteiger partial charge < -0.3 is 11.5 Å². The third-order valence-corrected chi connectivity index (χ3v) is 3.60. The number of anilines is 1. The van der Waals surface area contributed by atoms with E-state index in [0.717, 1.165) is 11.1 Å². The van der Waals surface area contributed by atoms with E-state index in [4.69, 9.17) is 11.5 Å². The largest absolute Gasteiger partial charge is 0.383 e. The van der Waals surface area contributed by atoms with Gasteiger partial charge in [-0.25, -0.2) is 4.98 Å². The van der Waals surface area contributed by atoms with E-state index in [2.05, 4.69) is 18.8 Å². The molecule has 0 saturated heterocycles. The van der Waals surface area contributed by atoms with Gasteiger partial charge >= 0.3 is 0 Å². The molecular formula is C12H19N3. The van der Waals surface area contributed by atoms with Crippen molar-refractivity contribution in [2.24, 2.45) is 17.1 Å². The molecule has 0 radical (unpaired) electrons. The molecule has 1 fully saturated rings. The molecule has 1 aromatic rings. The number of rotatable bonds is 2. The second kappa shape index (κ2) is 3.20. The van der Waals surface area contributed by atoms with Crippen molar-refractivity contribution in [1.82, 2.24) is 4.98 Å². The Morgan fingerprint density at radius 1 is 1.53 bits per heavy atom. The summed E-state index contributed by atoms with van der Waals surface area (Å²) in [4.78, 5) is 4.12. The van der Waals surface area contributed by atoms with Crippen LogP contribution in [-0.2, 0) is 0 Å². The molecular weight excluding hydrogens is 186 g/mol. The highest BCUT2D eigenvalue weighted by Crippen LogP contribution is 2.57.